The Morgan fingerprint density at radius 3 is 2.66 bits per heavy atom. The number of pyridine rings is 1. The van der Waals surface area contributed by atoms with Gasteiger partial charge in [0.05, 0.1) is 6.20 Å². The Labute approximate surface area is 169 Å². The minimum atomic E-state index is -3.64. The summed E-state index contributed by atoms with van der Waals surface area (Å²) in [6.07, 6.45) is 7.36. The van der Waals surface area contributed by atoms with E-state index in [0.717, 1.165) is 27.9 Å². The predicted molar refractivity (Wildman–Crippen MR) is 109 cm³/mol. The van der Waals surface area contributed by atoms with E-state index < -0.39 is 10.0 Å². The van der Waals surface area contributed by atoms with E-state index in [4.69, 9.17) is 0 Å². The molecule has 0 radical (unpaired) electrons. The van der Waals surface area contributed by atoms with Crippen LogP contribution in [0.2, 0.25) is 0 Å². The molecule has 0 saturated heterocycles. The quantitative estimate of drug-likeness (QED) is 0.691. The molecule has 1 aromatic carbocycles. The Morgan fingerprint density at radius 2 is 1.90 bits per heavy atom. The number of amides is 1. The van der Waals surface area contributed by atoms with Crippen molar-refractivity contribution in [3.8, 4) is 11.1 Å². The van der Waals surface area contributed by atoms with Gasteiger partial charge in [0.2, 0.25) is 15.9 Å². The monoisotopic (exact) mass is 411 g/mol. The molecule has 9 heteroatoms. The molecule has 0 atom stereocenters. The standard InChI is InChI=1S/C20H21N5O3S/c1-24-13-18(12-22-24)29(27,28)23-10-14-7-17(11-21-9-14)15-3-5-19-16(8-15)4-6-20(26)25(19)2/h3,5,7-9,11-13,23H,4,6,10H2,1-2H3. The van der Waals surface area contributed by atoms with Crippen molar-refractivity contribution in [3.63, 3.8) is 0 Å². The van der Waals surface area contributed by atoms with Crippen LogP contribution < -0.4 is 9.62 Å². The number of carbonyl (C=O) groups excluding carboxylic acids is 1. The smallest absolute Gasteiger partial charge is 0.243 e. The molecule has 3 heterocycles. The highest BCUT2D eigenvalue weighted by atomic mass is 32.2. The zero-order chi connectivity index (χ0) is 20.6. The minimum absolute atomic E-state index is 0.120. The third-order valence-electron chi connectivity index (χ3n) is 5.01. The van der Waals surface area contributed by atoms with Gasteiger partial charge in [-0.3, -0.25) is 14.5 Å². The highest BCUT2D eigenvalue weighted by molar-refractivity contribution is 7.89. The summed E-state index contributed by atoms with van der Waals surface area (Å²) in [5.41, 5.74) is 4.67. The summed E-state index contributed by atoms with van der Waals surface area (Å²) >= 11 is 0. The summed E-state index contributed by atoms with van der Waals surface area (Å²) in [5.74, 6) is 0.120. The molecule has 0 aliphatic carbocycles. The van der Waals surface area contributed by atoms with Crippen molar-refractivity contribution in [3.05, 3.63) is 60.2 Å². The van der Waals surface area contributed by atoms with E-state index in [1.165, 1.54) is 17.1 Å². The van der Waals surface area contributed by atoms with E-state index in [-0.39, 0.29) is 17.3 Å². The van der Waals surface area contributed by atoms with E-state index in [2.05, 4.69) is 20.9 Å². The highest BCUT2D eigenvalue weighted by Crippen LogP contribution is 2.31. The van der Waals surface area contributed by atoms with Crippen LogP contribution in [0.4, 0.5) is 5.69 Å². The van der Waals surface area contributed by atoms with Gasteiger partial charge in [-0.2, -0.15) is 5.10 Å². The fourth-order valence-electron chi connectivity index (χ4n) is 3.38. The summed E-state index contributed by atoms with van der Waals surface area (Å²) in [7, 11) is -0.184. The maximum absolute atomic E-state index is 12.4. The molecule has 4 rings (SSSR count). The van der Waals surface area contributed by atoms with Crippen LogP contribution in [0.5, 0.6) is 0 Å². The van der Waals surface area contributed by atoms with E-state index >= 15 is 0 Å². The van der Waals surface area contributed by atoms with E-state index in [1.54, 1.807) is 31.4 Å². The maximum Gasteiger partial charge on any atom is 0.243 e. The van der Waals surface area contributed by atoms with Crippen molar-refractivity contribution in [1.82, 2.24) is 19.5 Å². The Kier molecular flexibility index (Phi) is 4.93. The van der Waals surface area contributed by atoms with Gasteiger partial charge in [-0.25, -0.2) is 13.1 Å². The second kappa shape index (κ2) is 7.41. The van der Waals surface area contributed by atoms with Crippen LogP contribution in [0.1, 0.15) is 17.5 Å². The Morgan fingerprint density at radius 1 is 1.07 bits per heavy atom. The average Bonchev–Trinajstić information content (AvgIpc) is 3.17. The lowest BCUT2D eigenvalue weighted by Gasteiger charge is -2.26. The molecule has 0 unspecified atom stereocenters. The van der Waals surface area contributed by atoms with Crippen molar-refractivity contribution in [2.75, 3.05) is 11.9 Å². The molecule has 8 nitrogen and oxygen atoms in total. The van der Waals surface area contributed by atoms with Crippen LogP contribution in [0, 0.1) is 0 Å². The molecule has 3 aromatic rings. The average molecular weight is 411 g/mol. The van der Waals surface area contributed by atoms with Gasteiger partial charge in [0.15, 0.2) is 0 Å². The number of aryl methyl sites for hydroxylation is 2. The zero-order valence-electron chi connectivity index (χ0n) is 16.2. The molecule has 2 aromatic heterocycles. The molecular weight excluding hydrogens is 390 g/mol. The first-order chi connectivity index (χ1) is 13.8. The summed E-state index contributed by atoms with van der Waals surface area (Å²) < 4.78 is 28.8. The minimum Gasteiger partial charge on any atom is -0.315 e. The Bertz CT molecular complexity index is 1190. The number of fused-ring (bicyclic) bond motifs is 1. The molecule has 0 saturated carbocycles. The fourth-order valence-corrected chi connectivity index (χ4v) is 4.38. The Balaban J connectivity index is 1.54. The number of benzene rings is 1. The number of sulfonamides is 1. The van der Waals surface area contributed by atoms with Gasteiger partial charge in [-0.05, 0) is 41.3 Å². The van der Waals surface area contributed by atoms with Gasteiger partial charge in [-0.15, -0.1) is 0 Å². The SMILES string of the molecule is CN1C(=O)CCc2cc(-c3cncc(CNS(=O)(=O)c4cnn(C)c4)c3)ccc21. The molecular formula is C20H21N5O3S. The third-order valence-corrected chi connectivity index (χ3v) is 6.36. The van der Waals surface area contributed by atoms with Crippen LogP contribution in [-0.4, -0.2) is 36.1 Å². The number of nitrogens with one attached hydrogen (secondary N) is 1. The molecule has 1 N–H and O–H groups in total. The van der Waals surface area contributed by atoms with Crippen molar-refractivity contribution in [2.45, 2.75) is 24.3 Å². The molecule has 150 valence electrons. The molecule has 1 aliphatic rings. The predicted octanol–water partition coefficient (Wildman–Crippen LogP) is 1.87. The van der Waals surface area contributed by atoms with Crippen molar-refractivity contribution in [2.24, 2.45) is 7.05 Å². The first-order valence-electron chi connectivity index (χ1n) is 9.15. The normalized spacial score (nSPS) is 14.1. The number of hydrogen-bond donors (Lipinski definition) is 1. The topological polar surface area (TPSA) is 97.2 Å². The lowest BCUT2D eigenvalue weighted by molar-refractivity contribution is -0.118. The van der Waals surface area contributed by atoms with Crippen molar-refractivity contribution < 1.29 is 13.2 Å². The second-order valence-corrected chi connectivity index (χ2v) is 8.82. The zero-order valence-corrected chi connectivity index (χ0v) is 17.0. The van der Waals surface area contributed by atoms with Crippen LogP contribution >= 0.6 is 0 Å². The van der Waals surface area contributed by atoms with E-state index in [0.29, 0.717) is 12.8 Å². The van der Waals surface area contributed by atoms with Crippen LogP contribution in [0.15, 0.2) is 53.9 Å². The van der Waals surface area contributed by atoms with Crippen LogP contribution in [-0.2, 0) is 34.8 Å². The first kappa shape index (κ1) is 19.3. The molecule has 1 amide bonds. The number of nitrogens with zero attached hydrogens (tertiary/aromatic N) is 4. The third kappa shape index (κ3) is 3.92. The number of hydrogen-bond acceptors (Lipinski definition) is 5. The summed E-state index contributed by atoms with van der Waals surface area (Å²) in [6.45, 7) is 0.125. The molecule has 0 spiro atoms. The fraction of sp³-hybridized carbons (Fsp3) is 0.250. The summed E-state index contributed by atoms with van der Waals surface area (Å²) in [6, 6.07) is 7.88. The van der Waals surface area contributed by atoms with E-state index in [9.17, 15) is 13.2 Å². The Hall–Kier alpha value is -3.04. The van der Waals surface area contributed by atoms with Gasteiger partial charge in [0, 0.05) is 56.9 Å². The number of carbonyl (C=O) groups is 1. The maximum atomic E-state index is 12.4. The van der Waals surface area contributed by atoms with Gasteiger partial charge in [-0.1, -0.05) is 6.07 Å². The molecule has 29 heavy (non-hydrogen) atoms. The van der Waals surface area contributed by atoms with Crippen molar-refractivity contribution in [1.29, 1.82) is 0 Å². The summed E-state index contributed by atoms with van der Waals surface area (Å²) in [5, 5.41) is 3.90. The number of rotatable bonds is 5. The lowest BCUT2D eigenvalue weighted by atomic mass is 9.96. The summed E-state index contributed by atoms with van der Waals surface area (Å²) in [4.78, 5) is 17.9. The van der Waals surface area contributed by atoms with Crippen LogP contribution in [0.25, 0.3) is 11.1 Å². The van der Waals surface area contributed by atoms with Gasteiger partial charge in [0.1, 0.15) is 4.90 Å². The number of aromatic nitrogens is 3. The molecule has 1 aliphatic heterocycles. The number of anilines is 1. The van der Waals surface area contributed by atoms with Crippen molar-refractivity contribution >= 4 is 21.6 Å². The van der Waals surface area contributed by atoms with Gasteiger partial charge < -0.3 is 4.90 Å². The largest absolute Gasteiger partial charge is 0.315 e. The highest BCUT2D eigenvalue weighted by Gasteiger charge is 2.21. The molecule has 0 fully saturated rings. The first-order valence-corrected chi connectivity index (χ1v) is 10.6. The van der Waals surface area contributed by atoms with Crippen LogP contribution in [0.3, 0.4) is 0 Å². The molecule has 0 bridgehead atoms. The second-order valence-electron chi connectivity index (χ2n) is 7.05. The van der Waals surface area contributed by atoms with E-state index in [1.807, 2.05) is 18.2 Å². The lowest BCUT2D eigenvalue weighted by Crippen LogP contribution is -2.30. The van der Waals surface area contributed by atoms with Gasteiger partial charge >= 0.3 is 0 Å². The van der Waals surface area contributed by atoms with Gasteiger partial charge in [0.25, 0.3) is 0 Å².